The molecule has 0 aliphatic carbocycles. The lowest BCUT2D eigenvalue weighted by atomic mass is 10.1. The summed E-state index contributed by atoms with van der Waals surface area (Å²) in [4.78, 5) is 29.8. The van der Waals surface area contributed by atoms with E-state index in [1.165, 1.54) is 4.90 Å². The van der Waals surface area contributed by atoms with Gasteiger partial charge in [0.05, 0.1) is 5.01 Å². The fraction of sp³-hybridized carbons (Fsp3) is 0.353. The standard InChI is InChI=1S/C17H22N4O2S/c1-11-9-13(5-6-14(11)16(22)21(3)4)20-17(23)19-10-12(2)15-18-7-8-24-15/h5-9,12H,10H2,1-4H3,(H2,19,20,23)/t12-/m0/s1. The highest BCUT2D eigenvalue weighted by molar-refractivity contribution is 7.09. The lowest BCUT2D eigenvalue weighted by molar-refractivity contribution is 0.0827. The number of carbonyl (C=O) groups excluding carboxylic acids is 2. The molecule has 24 heavy (non-hydrogen) atoms. The average Bonchev–Trinajstić information content (AvgIpc) is 3.06. The largest absolute Gasteiger partial charge is 0.345 e. The van der Waals surface area contributed by atoms with Gasteiger partial charge >= 0.3 is 6.03 Å². The van der Waals surface area contributed by atoms with Crippen molar-refractivity contribution in [3.63, 3.8) is 0 Å². The summed E-state index contributed by atoms with van der Waals surface area (Å²) in [5.74, 6) is 0.110. The number of anilines is 1. The Morgan fingerprint density at radius 2 is 2.08 bits per heavy atom. The molecule has 2 aromatic rings. The number of nitrogens with zero attached hydrogens (tertiary/aromatic N) is 2. The Kier molecular flexibility index (Phi) is 5.92. The van der Waals surface area contributed by atoms with Crippen molar-refractivity contribution in [3.05, 3.63) is 45.9 Å². The van der Waals surface area contributed by atoms with Gasteiger partial charge in [0.2, 0.25) is 0 Å². The Bertz CT molecular complexity index is 713. The van der Waals surface area contributed by atoms with Gasteiger partial charge in [-0.3, -0.25) is 4.79 Å². The van der Waals surface area contributed by atoms with Gasteiger partial charge in [-0.05, 0) is 30.7 Å². The number of aromatic nitrogens is 1. The summed E-state index contributed by atoms with van der Waals surface area (Å²) >= 11 is 1.58. The van der Waals surface area contributed by atoms with Crippen LogP contribution in [0.4, 0.5) is 10.5 Å². The van der Waals surface area contributed by atoms with E-state index in [9.17, 15) is 9.59 Å². The molecule has 0 bridgehead atoms. The molecule has 0 saturated carbocycles. The summed E-state index contributed by atoms with van der Waals surface area (Å²) in [6, 6.07) is 4.98. The van der Waals surface area contributed by atoms with Gasteiger partial charge in [0.25, 0.3) is 5.91 Å². The number of hydrogen-bond acceptors (Lipinski definition) is 4. The molecule has 0 aliphatic heterocycles. The van der Waals surface area contributed by atoms with E-state index in [0.29, 0.717) is 17.8 Å². The summed E-state index contributed by atoms with van der Waals surface area (Å²) in [5.41, 5.74) is 2.10. The van der Waals surface area contributed by atoms with Gasteiger partial charge in [0.1, 0.15) is 0 Å². The van der Waals surface area contributed by atoms with E-state index in [1.807, 2.05) is 19.2 Å². The van der Waals surface area contributed by atoms with E-state index < -0.39 is 0 Å². The Balaban J connectivity index is 1.92. The zero-order valence-electron chi connectivity index (χ0n) is 14.3. The fourth-order valence-electron chi connectivity index (χ4n) is 2.21. The molecule has 0 aliphatic rings. The quantitative estimate of drug-likeness (QED) is 0.874. The van der Waals surface area contributed by atoms with Crippen LogP contribution in [0.1, 0.15) is 33.8 Å². The molecular weight excluding hydrogens is 324 g/mol. The van der Waals surface area contributed by atoms with E-state index in [1.54, 1.807) is 49.8 Å². The third kappa shape index (κ3) is 4.55. The first-order chi connectivity index (χ1) is 11.4. The Morgan fingerprint density at radius 3 is 2.67 bits per heavy atom. The predicted octanol–water partition coefficient (Wildman–Crippen LogP) is 3.08. The molecule has 1 heterocycles. The van der Waals surface area contributed by atoms with E-state index >= 15 is 0 Å². The fourth-order valence-corrected chi connectivity index (χ4v) is 2.91. The van der Waals surface area contributed by atoms with Crippen molar-refractivity contribution in [2.24, 2.45) is 0 Å². The van der Waals surface area contributed by atoms with Crippen LogP contribution >= 0.6 is 11.3 Å². The molecule has 0 fully saturated rings. The molecule has 1 aromatic carbocycles. The number of thiazole rings is 1. The lowest BCUT2D eigenvalue weighted by Gasteiger charge is -2.14. The molecular formula is C17H22N4O2S. The zero-order chi connectivity index (χ0) is 17.7. The van der Waals surface area contributed by atoms with E-state index in [-0.39, 0.29) is 17.9 Å². The van der Waals surface area contributed by atoms with E-state index in [4.69, 9.17) is 0 Å². The molecule has 3 amide bonds. The molecule has 0 unspecified atom stereocenters. The minimum atomic E-state index is -0.274. The first kappa shape index (κ1) is 17.9. The zero-order valence-corrected chi connectivity index (χ0v) is 15.1. The minimum absolute atomic E-state index is 0.0548. The maximum Gasteiger partial charge on any atom is 0.319 e. The van der Waals surface area contributed by atoms with Crippen LogP contribution in [0.2, 0.25) is 0 Å². The molecule has 0 saturated heterocycles. The van der Waals surface area contributed by atoms with Crippen molar-refractivity contribution in [3.8, 4) is 0 Å². The Labute approximate surface area is 145 Å². The van der Waals surface area contributed by atoms with Crippen LogP contribution in [-0.4, -0.2) is 42.5 Å². The third-order valence-electron chi connectivity index (χ3n) is 3.56. The Hall–Kier alpha value is -2.41. The monoisotopic (exact) mass is 346 g/mol. The van der Waals surface area contributed by atoms with Crippen LogP contribution in [0.3, 0.4) is 0 Å². The summed E-state index contributed by atoms with van der Waals surface area (Å²) in [6.45, 7) is 4.38. The van der Waals surface area contributed by atoms with Crippen LogP contribution in [-0.2, 0) is 0 Å². The first-order valence-electron chi connectivity index (χ1n) is 7.65. The predicted molar refractivity (Wildman–Crippen MR) is 96.7 cm³/mol. The highest BCUT2D eigenvalue weighted by Crippen LogP contribution is 2.18. The van der Waals surface area contributed by atoms with Crippen molar-refractivity contribution >= 4 is 29.0 Å². The number of nitrogens with one attached hydrogen (secondary N) is 2. The molecule has 7 heteroatoms. The molecule has 0 radical (unpaired) electrons. The molecule has 1 atom stereocenters. The third-order valence-corrected chi connectivity index (χ3v) is 4.57. The second kappa shape index (κ2) is 7.92. The number of amides is 3. The van der Waals surface area contributed by atoms with Crippen LogP contribution in [0.25, 0.3) is 0 Å². The number of benzene rings is 1. The van der Waals surface area contributed by atoms with Gasteiger partial charge in [0, 0.05) is 49.4 Å². The second-order valence-electron chi connectivity index (χ2n) is 5.84. The van der Waals surface area contributed by atoms with Crippen LogP contribution in [0, 0.1) is 6.92 Å². The van der Waals surface area contributed by atoms with Gasteiger partial charge in [-0.1, -0.05) is 6.92 Å². The molecule has 2 N–H and O–H groups in total. The topological polar surface area (TPSA) is 74.3 Å². The number of hydrogen-bond donors (Lipinski definition) is 2. The van der Waals surface area contributed by atoms with E-state index in [0.717, 1.165) is 10.6 Å². The molecule has 0 spiro atoms. The smallest absolute Gasteiger partial charge is 0.319 e. The molecule has 128 valence electrons. The highest BCUT2D eigenvalue weighted by Gasteiger charge is 2.13. The molecule has 6 nitrogen and oxygen atoms in total. The maximum absolute atomic E-state index is 12.0. The SMILES string of the molecule is Cc1cc(NC(=O)NC[C@H](C)c2nccs2)ccc1C(=O)N(C)C. The summed E-state index contributed by atoms with van der Waals surface area (Å²) < 4.78 is 0. The van der Waals surface area contributed by atoms with Crippen molar-refractivity contribution in [2.45, 2.75) is 19.8 Å². The Morgan fingerprint density at radius 1 is 1.33 bits per heavy atom. The van der Waals surface area contributed by atoms with E-state index in [2.05, 4.69) is 15.6 Å². The number of aryl methyl sites for hydroxylation is 1. The van der Waals surface area contributed by atoms with Crippen LogP contribution in [0.15, 0.2) is 29.8 Å². The minimum Gasteiger partial charge on any atom is -0.345 e. The molecule has 2 rings (SSSR count). The second-order valence-corrected chi connectivity index (χ2v) is 6.76. The highest BCUT2D eigenvalue weighted by atomic mass is 32.1. The van der Waals surface area contributed by atoms with Crippen molar-refractivity contribution in [1.82, 2.24) is 15.2 Å². The number of carbonyl (C=O) groups is 2. The summed E-state index contributed by atoms with van der Waals surface area (Å²) in [7, 11) is 3.43. The first-order valence-corrected chi connectivity index (χ1v) is 8.53. The maximum atomic E-state index is 12.0. The molecule has 1 aromatic heterocycles. The van der Waals surface area contributed by atoms with Gasteiger partial charge in [0.15, 0.2) is 0 Å². The van der Waals surface area contributed by atoms with Gasteiger partial charge in [-0.2, -0.15) is 0 Å². The van der Waals surface area contributed by atoms with Crippen molar-refractivity contribution in [2.75, 3.05) is 26.0 Å². The van der Waals surface area contributed by atoms with Gasteiger partial charge in [-0.25, -0.2) is 9.78 Å². The van der Waals surface area contributed by atoms with Crippen LogP contribution in [0.5, 0.6) is 0 Å². The number of rotatable bonds is 5. The van der Waals surface area contributed by atoms with Crippen molar-refractivity contribution in [1.29, 1.82) is 0 Å². The average molecular weight is 346 g/mol. The summed E-state index contributed by atoms with van der Waals surface area (Å²) in [5, 5.41) is 8.54. The lowest BCUT2D eigenvalue weighted by Crippen LogP contribution is -2.31. The van der Waals surface area contributed by atoms with Crippen molar-refractivity contribution < 1.29 is 9.59 Å². The van der Waals surface area contributed by atoms with Gasteiger partial charge in [-0.15, -0.1) is 11.3 Å². The normalized spacial score (nSPS) is 11.7. The van der Waals surface area contributed by atoms with Gasteiger partial charge < -0.3 is 15.5 Å². The van der Waals surface area contributed by atoms with Crippen LogP contribution < -0.4 is 10.6 Å². The number of urea groups is 1. The summed E-state index contributed by atoms with van der Waals surface area (Å²) in [6.07, 6.45) is 1.76.